The minimum atomic E-state index is -0.0740. The number of amides is 2. The van der Waals surface area contributed by atoms with Crippen molar-refractivity contribution in [1.29, 1.82) is 0 Å². The summed E-state index contributed by atoms with van der Waals surface area (Å²) in [6.07, 6.45) is 2.04. The van der Waals surface area contributed by atoms with Gasteiger partial charge in [0.2, 0.25) is 5.91 Å². The second kappa shape index (κ2) is 9.47. The van der Waals surface area contributed by atoms with E-state index < -0.39 is 0 Å². The van der Waals surface area contributed by atoms with Gasteiger partial charge in [0.15, 0.2) is 0 Å². The van der Waals surface area contributed by atoms with Crippen molar-refractivity contribution in [1.82, 2.24) is 5.32 Å². The van der Waals surface area contributed by atoms with E-state index in [1.807, 2.05) is 42.5 Å². The van der Waals surface area contributed by atoms with E-state index in [2.05, 4.69) is 17.6 Å². The number of carbonyl (C=O) groups excluding carboxylic acids is 2. The molecule has 2 aromatic carbocycles. The molecule has 25 heavy (non-hydrogen) atoms. The van der Waals surface area contributed by atoms with Gasteiger partial charge in [-0.1, -0.05) is 31.5 Å². The van der Waals surface area contributed by atoms with Gasteiger partial charge in [0.05, 0.1) is 6.54 Å². The van der Waals surface area contributed by atoms with Crippen LogP contribution in [-0.4, -0.2) is 32.0 Å². The summed E-state index contributed by atoms with van der Waals surface area (Å²) in [5.41, 5.74) is 2.26. The molecule has 0 saturated heterocycles. The second-order valence-corrected chi connectivity index (χ2v) is 5.83. The average molecular weight is 339 g/mol. The topological polar surface area (TPSA) is 61.4 Å². The van der Waals surface area contributed by atoms with Gasteiger partial charge < -0.3 is 15.5 Å². The van der Waals surface area contributed by atoms with Gasteiger partial charge in [0.1, 0.15) is 0 Å². The lowest BCUT2D eigenvalue weighted by molar-refractivity contribution is -0.119. The number of nitrogens with one attached hydrogen (secondary N) is 2. The van der Waals surface area contributed by atoms with Crippen molar-refractivity contribution < 1.29 is 9.59 Å². The molecule has 0 fully saturated rings. The number of unbranched alkanes of at least 4 members (excludes halogenated alkanes) is 1. The normalized spacial score (nSPS) is 10.2. The zero-order valence-corrected chi connectivity index (χ0v) is 14.8. The van der Waals surface area contributed by atoms with Crippen molar-refractivity contribution in [2.75, 3.05) is 30.4 Å². The number of rotatable bonds is 8. The Morgan fingerprint density at radius 2 is 1.68 bits per heavy atom. The first-order valence-corrected chi connectivity index (χ1v) is 8.55. The largest absolute Gasteiger partial charge is 0.376 e. The Hall–Kier alpha value is -2.82. The van der Waals surface area contributed by atoms with Crippen molar-refractivity contribution in [2.24, 2.45) is 0 Å². The third-order valence-electron chi connectivity index (χ3n) is 3.89. The standard InChI is InChI=1S/C20H25N3O2/c1-3-4-14-21-19(24)15-22-17-12-10-16(11-13-17)20(25)23(2)18-8-6-5-7-9-18/h5-13,22H,3-4,14-15H2,1-2H3,(H,21,24). The zero-order chi connectivity index (χ0) is 18.1. The summed E-state index contributed by atoms with van der Waals surface area (Å²) in [5, 5.41) is 5.92. The summed E-state index contributed by atoms with van der Waals surface area (Å²) >= 11 is 0. The van der Waals surface area contributed by atoms with Crippen LogP contribution in [0, 0.1) is 0 Å². The molecule has 0 saturated carbocycles. The number of anilines is 2. The average Bonchev–Trinajstić information content (AvgIpc) is 2.66. The monoisotopic (exact) mass is 339 g/mol. The molecule has 132 valence electrons. The highest BCUT2D eigenvalue weighted by Crippen LogP contribution is 2.16. The van der Waals surface area contributed by atoms with Crippen LogP contribution in [0.15, 0.2) is 54.6 Å². The van der Waals surface area contributed by atoms with Crippen LogP contribution in [0.2, 0.25) is 0 Å². The van der Waals surface area contributed by atoms with E-state index in [-0.39, 0.29) is 18.4 Å². The van der Waals surface area contributed by atoms with Gasteiger partial charge in [-0.05, 0) is 42.8 Å². The maximum Gasteiger partial charge on any atom is 0.258 e. The summed E-state index contributed by atoms with van der Waals surface area (Å²) < 4.78 is 0. The quantitative estimate of drug-likeness (QED) is 0.726. The van der Waals surface area contributed by atoms with Crippen LogP contribution in [0.5, 0.6) is 0 Å². The number of hydrogen-bond donors (Lipinski definition) is 2. The molecule has 2 aromatic rings. The molecular formula is C20H25N3O2. The highest BCUT2D eigenvalue weighted by atomic mass is 16.2. The molecule has 0 unspecified atom stereocenters. The minimum absolute atomic E-state index is 0.0302. The molecule has 2 rings (SSSR count). The fourth-order valence-electron chi connectivity index (χ4n) is 2.34. The Morgan fingerprint density at radius 3 is 2.32 bits per heavy atom. The first kappa shape index (κ1) is 18.5. The summed E-state index contributed by atoms with van der Waals surface area (Å²) in [7, 11) is 1.75. The van der Waals surface area contributed by atoms with Gasteiger partial charge in [-0.3, -0.25) is 9.59 Å². The molecule has 5 heteroatoms. The van der Waals surface area contributed by atoms with Crippen molar-refractivity contribution in [2.45, 2.75) is 19.8 Å². The molecule has 0 bridgehead atoms. The van der Waals surface area contributed by atoms with Gasteiger partial charge in [-0.2, -0.15) is 0 Å². The molecule has 0 aliphatic heterocycles. The van der Waals surface area contributed by atoms with E-state index in [4.69, 9.17) is 0 Å². The predicted molar refractivity (Wildman–Crippen MR) is 102 cm³/mol. The van der Waals surface area contributed by atoms with Gasteiger partial charge in [0, 0.05) is 30.5 Å². The third kappa shape index (κ3) is 5.64. The minimum Gasteiger partial charge on any atom is -0.376 e. The van der Waals surface area contributed by atoms with Crippen LogP contribution >= 0.6 is 0 Å². The van der Waals surface area contributed by atoms with E-state index in [9.17, 15) is 9.59 Å². The SMILES string of the molecule is CCCCNC(=O)CNc1ccc(C(=O)N(C)c2ccccc2)cc1. The summed E-state index contributed by atoms with van der Waals surface area (Å²) in [6, 6.07) is 16.7. The van der Waals surface area contributed by atoms with Crippen LogP contribution in [0.1, 0.15) is 30.1 Å². The first-order chi connectivity index (χ1) is 12.1. The van der Waals surface area contributed by atoms with Gasteiger partial charge in [-0.25, -0.2) is 0 Å². The molecule has 0 aliphatic carbocycles. The Morgan fingerprint density at radius 1 is 1.00 bits per heavy atom. The van der Waals surface area contributed by atoms with Crippen LogP contribution < -0.4 is 15.5 Å². The Labute approximate surface area is 149 Å². The Balaban J connectivity index is 1.89. The smallest absolute Gasteiger partial charge is 0.258 e. The van der Waals surface area contributed by atoms with E-state index in [0.29, 0.717) is 12.1 Å². The maximum absolute atomic E-state index is 12.5. The number of para-hydroxylation sites is 1. The van der Waals surface area contributed by atoms with Crippen LogP contribution in [-0.2, 0) is 4.79 Å². The molecular weight excluding hydrogens is 314 g/mol. The molecule has 2 amide bonds. The fourth-order valence-corrected chi connectivity index (χ4v) is 2.34. The van der Waals surface area contributed by atoms with E-state index in [1.54, 1.807) is 24.1 Å². The highest BCUT2D eigenvalue weighted by Gasteiger charge is 2.13. The predicted octanol–water partition coefficient (Wildman–Crippen LogP) is 3.29. The Bertz CT molecular complexity index is 684. The third-order valence-corrected chi connectivity index (χ3v) is 3.89. The molecule has 0 atom stereocenters. The maximum atomic E-state index is 12.5. The second-order valence-electron chi connectivity index (χ2n) is 5.83. The molecule has 0 radical (unpaired) electrons. The van der Waals surface area contributed by atoms with Crippen molar-refractivity contribution in [3.63, 3.8) is 0 Å². The van der Waals surface area contributed by atoms with E-state index in [0.717, 1.165) is 24.2 Å². The zero-order valence-electron chi connectivity index (χ0n) is 14.8. The molecule has 2 N–H and O–H groups in total. The number of benzene rings is 2. The lowest BCUT2D eigenvalue weighted by atomic mass is 10.1. The summed E-state index contributed by atoms with van der Waals surface area (Å²) in [4.78, 5) is 25.8. The lowest BCUT2D eigenvalue weighted by Crippen LogP contribution is -2.30. The van der Waals surface area contributed by atoms with E-state index in [1.165, 1.54) is 0 Å². The van der Waals surface area contributed by atoms with E-state index >= 15 is 0 Å². The fraction of sp³-hybridized carbons (Fsp3) is 0.300. The molecule has 0 spiro atoms. The Kier molecular flexibility index (Phi) is 7.01. The lowest BCUT2D eigenvalue weighted by Gasteiger charge is -2.17. The van der Waals surface area contributed by atoms with Crippen molar-refractivity contribution >= 4 is 23.2 Å². The summed E-state index contributed by atoms with van der Waals surface area (Å²) in [6.45, 7) is 3.01. The van der Waals surface area contributed by atoms with Crippen molar-refractivity contribution in [3.05, 3.63) is 60.2 Å². The van der Waals surface area contributed by atoms with Crippen LogP contribution in [0.4, 0.5) is 11.4 Å². The van der Waals surface area contributed by atoms with Crippen molar-refractivity contribution in [3.8, 4) is 0 Å². The number of carbonyl (C=O) groups is 2. The number of nitrogens with zero attached hydrogens (tertiary/aromatic N) is 1. The van der Waals surface area contributed by atoms with Gasteiger partial charge in [-0.15, -0.1) is 0 Å². The molecule has 0 aliphatic rings. The van der Waals surface area contributed by atoms with Gasteiger partial charge >= 0.3 is 0 Å². The summed E-state index contributed by atoms with van der Waals surface area (Å²) in [5.74, 6) is -0.104. The molecule has 0 aromatic heterocycles. The molecule has 0 heterocycles. The highest BCUT2D eigenvalue weighted by molar-refractivity contribution is 6.05. The number of hydrogen-bond acceptors (Lipinski definition) is 3. The molecule has 5 nitrogen and oxygen atoms in total. The van der Waals surface area contributed by atoms with Gasteiger partial charge in [0.25, 0.3) is 5.91 Å². The van der Waals surface area contributed by atoms with Crippen LogP contribution in [0.3, 0.4) is 0 Å². The first-order valence-electron chi connectivity index (χ1n) is 8.55. The van der Waals surface area contributed by atoms with Crippen LogP contribution in [0.25, 0.3) is 0 Å².